The summed E-state index contributed by atoms with van der Waals surface area (Å²) in [4.78, 5) is 52.5. The quantitative estimate of drug-likeness (QED) is 0.261. The highest BCUT2D eigenvalue weighted by atomic mass is 32.2. The number of hydrogen-bond donors (Lipinski definition) is 2. The third-order valence-electron chi connectivity index (χ3n) is 6.50. The predicted octanol–water partition coefficient (Wildman–Crippen LogP) is 2.49. The van der Waals surface area contributed by atoms with Crippen molar-refractivity contribution in [3.63, 3.8) is 0 Å². The van der Waals surface area contributed by atoms with Gasteiger partial charge in [0, 0.05) is 70.5 Å². The van der Waals surface area contributed by atoms with Gasteiger partial charge in [-0.1, -0.05) is 54.2 Å². The molecule has 1 atom stereocenters. The fourth-order valence-corrected chi connectivity index (χ4v) is 4.85. The van der Waals surface area contributed by atoms with Gasteiger partial charge in [-0.2, -0.15) is 0 Å². The van der Waals surface area contributed by atoms with E-state index >= 15 is 0 Å². The minimum atomic E-state index is -0.890. The first kappa shape index (κ1) is 31.1. The van der Waals surface area contributed by atoms with Crippen LogP contribution in [-0.2, 0) is 27.2 Å². The zero-order chi connectivity index (χ0) is 28.7. The highest BCUT2D eigenvalue weighted by Gasteiger charge is 2.25. The number of nitro benzene ring substituents is 1. The molecule has 40 heavy (non-hydrogen) atoms. The Morgan fingerprint density at radius 1 is 1.05 bits per heavy atom. The summed E-state index contributed by atoms with van der Waals surface area (Å²) in [6.45, 7) is 6.24. The maximum absolute atomic E-state index is 13.4. The monoisotopic (exact) mass is 571 g/mol. The van der Waals surface area contributed by atoms with E-state index in [9.17, 15) is 24.5 Å². The summed E-state index contributed by atoms with van der Waals surface area (Å²) in [7, 11) is 0. The van der Waals surface area contributed by atoms with E-state index in [4.69, 9.17) is 4.74 Å². The Morgan fingerprint density at radius 3 is 2.40 bits per heavy atom. The molecule has 0 aliphatic carbocycles. The minimum Gasteiger partial charge on any atom is -0.379 e. The van der Waals surface area contributed by atoms with E-state index in [0.717, 1.165) is 30.4 Å². The maximum atomic E-state index is 13.4. The van der Waals surface area contributed by atoms with Crippen LogP contribution in [0.4, 0.5) is 10.5 Å². The Bertz CT molecular complexity index is 1110. The van der Waals surface area contributed by atoms with Gasteiger partial charge in [-0.15, -0.1) is 0 Å². The fourth-order valence-electron chi connectivity index (χ4n) is 4.25. The van der Waals surface area contributed by atoms with Crippen LogP contribution in [0.1, 0.15) is 18.1 Å². The lowest BCUT2D eigenvalue weighted by molar-refractivity contribution is -0.384. The van der Waals surface area contributed by atoms with Gasteiger partial charge < -0.3 is 20.3 Å². The summed E-state index contributed by atoms with van der Waals surface area (Å²) in [6, 6.07) is 14.4. The molecule has 12 heteroatoms. The number of nitro groups is 1. The van der Waals surface area contributed by atoms with Crippen molar-refractivity contribution in [2.24, 2.45) is 0 Å². The lowest BCUT2D eigenvalue weighted by Gasteiger charge is -2.28. The molecule has 3 amide bonds. The van der Waals surface area contributed by atoms with Crippen LogP contribution in [0.2, 0.25) is 0 Å². The van der Waals surface area contributed by atoms with Crippen LogP contribution in [0.3, 0.4) is 0 Å². The van der Waals surface area contributed by atoms with Crippen LogP contribution in [0, 0.1) is 10.1 Å². The molecule has 0 radical (unpaired) electrons. The van der Waals surface area contributed by atoms with E-state index in [2.05, 4.69) is 15.5 Å². The lowest BCUT2D eigenvalue weighted by atomic mass is 10.0. The average molecular weight is 572 g/mol. The van der Waals surface area contributed by atoms with Gasteiger partial charge in [-0.05, 0) is 17.5 Å². The Hall–Kier alpha value is -3.48. The topological polar surface area (TPSA) is 134 Å². The minimum absolute atomic E-state index is 0.0286. The van der Waals surface area contributed by atoms with Crippen molar-refractivity contribution in [2.45, 2.75) is 25.8 Å². The number of hydrogen-bond acceptors (Lipinski definition) is 8. The summed E-state index contributed by atoms with van der Waals surface area (Å²) in [5.41, 5.74) is 1.71. The number of rotatable bonds is 14. The number of amides is 3. The van der Waals surface area contributed by atoms with Crippen LogP contribution >= 0.6 is 11.8 Å². The highest BCUT2D eigenvalue weighted by molar-refractivity contribution is 8.13. The molecule has 0 saturated carbocycles. The molecule has 0 unspecified atom stereocenters. The first-order chi connectivity index (χ1) is 19.3. The molecule has 2 aromatic rings. The number of thioether (sulfide) groups is 1. The summed E-state index contributed by atoms with van der Waals surface area (Å²) in [6.07, 6.45) is 0.791. The smallest absolute Gasteiger partial charge is 0.318 e. The molecule has 1 aliphatic heterocycles. The third kappa shape index (κ3) is 10.9. The number of nitrogens with one attached hydrogen (secondary N) is 2. The molecule has 1 aliphatic rings. The molecule has 0 bridgehead atoms. The van der Waals surface area contributed by atoms with Crippen LogP contribution in [0.5, 0.6) is 0 Å². The molecule has 216 valence electrons. The van der Waals surface area contributed by atoms with Crippen molar-refractivity contribution >= 4 is 34.5 Å². The van der Waals surface area contributed by atoms with Gasteiger partial charge in [-0.3, -0.25) is 24.6 Å². The molecule has 1 fully saturated rings. The van der Waals surface area contributed by atoms with Crippen molar-refractivity contribution in [1.82, 2.24) is 20.4 Å². The Morgan fingerprint density at radius 2 is 1.75 bits per heavy atom. The normalized spacial score (nSPS) is 14.2. The summed E-state index contributed by atoms with van der Waals surface area (Å²) in [5, 5.41) is 16.8. The van der Waals surface area contributed by atoms with Gasteiger partial charge in [0.15, 0.2) is 5.12 Å². The van der Waals surface area contributed by atoms with Crippen molar-refractivity contribution in [3.8, 4) is 0 Å². The molecule has 3 rings (SSSR count). The molecule has 2 aromatic carbocycles. The fraction of sp³-hybridized carbons (Fsp3) is 0.464. The van der Waals surface area contributed by atoms with E-state index in [-0.39, 0.29) is 23.1 Å². The van der Waals surface area contributed by atoms with E-state index in [1.165, 1.54) is 19.1 Å². The highest BCUT2D eigenvalue weighted by Crippen LogP contribution is 2.14. The van der Waals surface area contributed by atoms with E-state index in [1.807, 2.05) is 30.3 Å². The second-order valence-electron chi connectivity index (χ2n) is 9.44. The molecule has 11 nitrogen and oxygen atoms in total. The number of benzene rings is 2. The molecule has 0 aromatic heterocycles. The van der Waals surface area contributed by atoms with Gasteiger partial charge in [0.1, 0.15) is 6.04 Å². The zero-order valence-corrected chi connectivity index (χ0v) is 23.6. The number of nitrogens with zero attached hydrogens (tertiary/aromatic N) is 3. The van der Waals surface area contributed by atoms with Crippen molar-refractivity contribution in [1.29, 1.82) is 0 Å². The van der Waals surface area contributed by atoms with Crippen LogP contribution in [-0.4, -0.2) is 96.1 Å². The molecule has 2 N–H and O–H groups in total. The van der Waals surface area contributed by atoms with Gasteiger partial charge in [-0.25, -0.2) is 4.79 Å². The van der Waals surface area contributed by atoms with E-state index < -0.39 is 17.0 Å². The van der Waals surface area contributed by atoms with Crippen molar-refractivity contribution < 1.29 is 24.0 Å². The summed E-state index contributed by atoms with van der Waals surface area (Å²) >= 11 is 1.15. The average Bonchev–Trinajstić information content (AvgIpc) is 2.95. The molecule has 1 saturated heterocycles. The number of urea groups is 1. The standard InChI is InChI=1S/C28H37N5O6S/c1-22(34)40-20-17-32(13-11-23-5-3-2-4-6-23)28(36)30-26(21-24-7-9-25(10-8-24)33(37)38)27(35)29-12-14-31-15-18-39-19-16-31/h2-10,26H,11-21H2,1H3,(H,29,35)(H,30,36)/t26-/m0/s1. The van der Waals surface area contributed by atoms with E-state index in [1.54, 1.807) is 17.0 Å². The lowest BCUT2D eigenvalue weighted by Crippen LogP contribution is -2.53. The zero-order valence-electron chi connectivity index (χ0n) is 22.8. The second kappa shape index (κ2) is 16.6. The SMILES string of the molecule is CC(=O)SCCN(CCc1ccccc1)C(=O)N[C@@H](Cc1ccc([N+](=O)[O-])cc1)C(=O)NCCN1CCOCC1. The Kier molecular flexibility index (Phi) is 12.9. The Balaban J connectivity index is 1.68. The second-order valence-corrected chi connectivity index (χ2v) is 10.7. The first-order valence-electron chi connectivity index (χ1n) is 13.4. The number of carbonyl (C=O) groups is 3. The van der Waals surface area contributed by atoms with Gasteiger partial charge in [0.25, 0.3) is 5.69 Å². The largest absolute Gasteiger partial charge is 0.379 e. The van der Waals surface area contributed by atoms with Crippen molar-refractivity contribution in [2.75, 3.05) is 58.2 Å². The maximum Gasteiger partial charge on any atom is 0.318 e. The number of non-ortho nitro benzene ring substituents is 1. The van der Waals surface area contributed by atoms with Gasteiger partial charge in [0.2, 0.25) is 5.91 Å². The van der Waals surface area contributed by atoms with Crippen LogP contribution < -0.4 is 10.6 Å². The third-order valence-corrected chi connectivity index (χ3v) is 7.29. The number of carbonyl (C=O) groups excluding carboxylic acids is 3. The Labute approximate surface area is 238 Å². The van der Waals surface area contributed by atoms with Crippen LogP contribution in [0.25, 0.3) is 0 Å². The number of ether oxygens (including phenoxy) is 1. The molecule has 0 spiro atoms. The summed E-state index contributed by atoms with van der Waals surface area (Å²) in [5.74, 6) is 0.108. The van der Waals surface area contributed by atoms with Gasteiger partial charge >= 0.3 is 6.03 Å². The molecule has 1 heterocycles. The molecular formula is C28H37N5O6S. The van der Waals surface area contributed by atoms with E-state index in [0.29, 0.717) is 57.1 Å². The van der Waals surface area contributed by atoms with Gasteiger partial charge in [0.05, 0.1) is 18.1 Å². The predicted molar refractivity (Wildman–Crippen MR) is 154 cm³/mol. The van der Waals surface area contributed by atoms with Crippen molar-refractivity contribution in [3.05, 3.63) is 75.8 Å². The van der Waals surface area contributed by atoms with Crippen LogP contribution in [0.15, 0.2) is 54.6 Å². The molecular weight excluding hydrogens is 534 g/mol. The number of morpholine rings is 1. The summed E-state index contributed by atoms with van der Waals surface area (Å²) < 4.78 is 5.37. The first-order valence-corrected chi connectivity index (χ1v) is 14.3.